The largest absolute Gasteiger partial charge is 0.448 e. The molecule has 0 bridgehead atoms. The minimum absolute atomic E-state index is 0.0107. The topological polar surface area (TPSA) is 117 Å². The van der Waals surface area contributed by atoms with Gasteiger partial charge in [0.2, 0.25) is 11.8 Å². The van der Waals surface area contributed by atoms with Gasteiger partial charge in [-0.05, 0) is 69.3 Å². The highest BCUT2D eigenvalue weighted by Crippen LogP contribution is 2.39. The van der Waals surface area contributed by atoms with E-state index >= 15 is 0 Å². The highest BCUT2D eigenvalue weighted by Gasteiger charge is 2.31. The van der Waals surface area contributed by atoms with Crippen LogP contribution in [-0.4, -0.2) is 53.8 Å². The maximum atomic E-state index is 13.3. The molecule has 1 aromatic heterocycles. The van der Waals surface area contributed by atoms with Crippen molar-refractivity contribution in [3.05, 3.63) is 64.7 Å². The zero-order valence-electron chi connectivity index (χ0n) is 25.2. The Labute approximate surface area is 249 Å². The standard InChI is InChI=1S/C33H45N5O4/c1-21(2)30(39)34-15-6-16-35-31(40)25-11-12-29(38-17-13-23(14-18-38)26-8-5-4-7-22(26)3)27(19-25)36-32(41)28-20-42-33(37-28)24-9-10-24/h4-5,8,19-24H,6-7,9-18H2,1-3H3,(H,34,39)(H,35,40)(H,36,41). The van der Waals surface area contributed by atoms with E-state index in [2.05, 4.69) is 51.0 Å². The fourth-order valence-corrected chi connectivity index (χ4v) is 6.03. The Kier molecular flexibility index (Phi) is 9.65. The zero-order valence-corrected chi connectivity index (χ0v) is 25.2. The second kappa shape index (κ2) is 13.6. The molecule has 5 rings (SSSR count). The van der Waals surface area contributed by atoms with Crippen LogP contribution in [0.4, 0.5) is 0 Å². The van der Waals surface area contributed by atoms with E-state index in [1.807, 2.05) is 19.9 Å². The van der Waals surface area contributed by atoms with Gasteiger partial charge in [-0.25, -0.2) is 4.98 Å². The summed E-state index contributed by atoms with van der Waals surface area (Å²) in [6.45, 7) is 8.84. The van der Waals surface area contributed by atoms with Crippen molar-refractivity contribution in [2.45, 2.75) is 78.1 Å². The summed E-state index contributed by atoms with van der Waals surface area (Å²) in [6, 6.07) is 0. The summed E-state index contributed by atoms with van der Waals surface area (Å²) in [5, 5.41) is 8.93. The molecule has 1 unspecified atom stereocenters. The van der Waals surface area contributed by atoms with Crippen molar-refractivity contribution < 1.29 is 18.8 Å². The molecule has 1 atom stereocenters. The van der Waals surface area contributed by atoms with Gasteiger partial charge in [-0.15, -0.1) is 0 Å². The summed E-state index contributed by atoms with van der Waals surface area (Å²) in [6.07, 6.45) is 17.3. The Morgan fingerprint density at radius 2 is 1.79 bits per heavy atom. The third-order valence-corrected chi connectivity index (χ3v) is 8.78. The second-order valence-corrected chi connectivity index (χ2v) is 12.4. The van der Waals surface area contributed by atoms with Crippen molar-refractivity contribution in [3.8, 4) is 0 Å². The lowest BCUT2D eigenvalue weighted by Crippen LogP contribution is -2.38. The number of nitrogens with one attached hydrogen (secondary N) is 3. The number of amides is 3. The van der Waals surface area contributed by atoms with Crippen LogP contribution in [0.1, 0.15) is 94.4 Å². The lowest BCUT2D eigenvalue weighted by atomic mass is 9.79. The van der Waals surface area contributed by atoms with Gasteiger partial charge in [0.15, 0.2) is 11.6 Å². The van der Waals surface area contributed by atoms with E-state index < -0.39 is 0 Å². The van der Waals surface area contributed by atoms with Crippen LogP contribution in [0.25, 0.3) is 0 Å². The van der Waals surface area contributed by atoms with E-state index in [9.17, 15) is 14.4 Å². The van der Waals surface area contributed by atoms with Crippen LogP contribution in [0, 0.1) is 17.8 Å². The lowest BCUT2D eigenvalue weighted by molar-refractivity contribution is -0.123. The molecule has 9 heteroatoms. The lowest BCUT2D eigenvalue weighted by Gasteiger charge is -2.39. The van der Waals surface area contributed by atoms with E-state index in [-0.39, 0.29) is 29.3 Å². The van der Waals surface area contributed by atoms with Gasteiger partial charge in [0, 0.05) is 49.3 Å². The quantitative estimate of drug-likeness (QED) is 0.329. The Morgan fingerprint density at radius 1 is 1.02 bits per heavy atom. The predicted molar refractivity (Wildman–Crippen MR) is 161 cm³/mol. The van der Waals surface area contributed by atoms with Gasteiger partial charge in [-0.3, -0.25) is 14.4 Å². The van der Waals surface area contributed by atoms with Gasteiger partial charge in [0.05, 0.1) is 5.70 Å². The number of rotatable bonds is 11. The molecule has 0 aromatic carbocycles. The molecule has 3 N–H and O–H groups in total. The van der Waals surface area contributed by atoms with Gasteiger partial charge in [0.25, 0.3) is 5.91 Å². The summed E-state index contributed by atoms with van der Waals surface area (Å²) in [5.74, 6) is 1.62. The van der Waals surface area contributed by atoms with Crippen LogP contribution in [-0.2, 0) is 9.59 Å². The molecule has 3 aliphatic carbocycles. The SMILES string of the molecule is CC(C)C(=O)NCCCNC(=O)C1=CC(NC(=O)c2coc(C3CC3)n2)=C(N2CCC(C3=CC=CCC3C)CC2)CC1. The number of aromatic nitrogens is 1. The number of carbonyl (C=O) groups excluding carboxylic acids is 3. The molecule has 1 saturated carbocycles. The first-order valence-electron chi connectivity index (χ1n) is 15.7. The first-order chi connectivity index (χ1) is 20.3. The number of piperidine rings is 1. The molecule has 9 nitrogen and oxygen atoms in total. The number of oxazole rings is 1. The molecule has 0 spiro atoms. The number of carbonyl (C=O) groups is 3. The maximum absolute atomic E-state index is 13.3. The number of likely N-dealkylation sites (tertiary alicyclic amines) is 1. The monoisotopic (exact) mass is 575 g/mol. The van der Waals surface area contributed by atoms with E-state index in [1.165, 1.54) is 6.26 Å². The summed E-state index contributed by atoms with van der Waals surface area (Å²) in [7, 11) is 0. The van der Waals surface area contributed by atoms with Crippen LogP contribution < -0.4 is 16.0 Å². The van der Waals surface area contributed by atoms with Crippen molar-refractivity contribution in [1.29, 1.82) is 0 Å². The molecule has 4 aliphatic rings. The Balaban J connectivity index is 1.26. The van der Waals surface area contributed by atoms with Crippen LogP contribution >= 0.6 is 0 Å². The number of nitrogens with zero attached hydrogens (tertiary/aromatic N) is 2. The molecule has 1 saturated heterocycles. The summed E-state index contributed by atoms with van der Waals surface area (Å²) in [5.41, 5.74) is 4.21. The summed E-state index contributed by atoms with van der Waals surface area (Å²) in [4.78, 5) is 44.9. The molecule has 226 valence electrons. The van der Waals surface area contributed by atoms with Crippen LogP contribution in [0.2, 0.25) is 0 Å². The van der Waals surface area contributed by atoms with Crippen LogP contribution in [0.5, 0.6) is 0 Å². The van der Waals surface area contributed by atoms with Gasteiger partial charge >= 0.3 is 0 Å². The smallest absolute Gasteiger partial charge is 0.277 e. The minimum atomic E-state index is -0.320. The third-order valence-electron chi connectivity index (χ3n) is 8.78. The molecule has 2 heterocycles. The fraction of sp³-hybridized carbons (Fsp3) is 0.576. The average molecular weight is 576 g/mol. The van der Waals surface area contributed by atoms with Gasteiger partial charge in [-0.2, -0.15) is 0 Å². The van der Waals surface area contributed by atoms with Crippen molar-refractivity contribution in [2.75, 3.05) is 26.2 Å². The fourth-order valence-electron chi connectivity index (χ4n) is 6.03. The number of allylic oxidation sites excluding steroid dienone is 6. The number of hydrogen-bond donors (Lipinski definition) is 3. The Morgan fingerprint density at radius 3 is 2.50 bits per heavy atom. The molecule has 3 amide bonds. The number of hydrogen-bond acceptors (Lipinski definition) is 6. The molecule has 2 fully saturated rings. The molecule has 1 aromatic rings. The van der Waals surface area contributed by atoms with Gasteiger partial charge < -0.3 is 25.3 Å². The first-order valence-corrected chi connectivity index (χ1v) is 15.7. The van der Waals surface area contributed by atoms with Gasteiger partial charge in [0.1, 0.15) is 6.26 Å². The second-order valence-electron chi connectivity index (χ2n) is 12.4. The van der Waals surface area contributed by atoms with Crippen LogP contribution in [0.15, 0.2) is 57.5 Å². The van der Waals surface area contributed by atoms with E-state index in [1.54, 1.807) is 5.57 Å². The van der Waals surface area contributed by atoms with Crippen molar-refractivity contribution >= 4 is 17.7 Å². The molecule has 1 aliphatic heterocycles. The van der Waals surface area contributed by atoms with Crippen molar-refractivity contribution in [2.24, 2.45) is 17.8 Å². The van der Waals surface area contributed by atoms with E-state index in [4.69, 9.17) is 4.42 Å². The Hall–Kier alpha value is -3.62. The minimum Gasteiger partial charge on any atom is -0.448 e. The Bertz CT molecular complexity index is 1290. The summed E-state index contributed by atoms with van der Waals surface area (Å²) < 4.78 is 5.56. The normalized spacial score (nSPS) is 21.2. The molecular formula is C33H45N5O4. The van der Waals surface area contributed by atoms with E-state index in [0.29, 0.717) is 67.3 Å². The van der Waals surface area contributed by atoms with E-state index in [0.717, 1.165) is 50.9 Å². The first kappa shape index (κ1) is 29.9. The average Bonchev–Trinajstić information content (AvgIpc) is 3.72. The molecule has 42 heavy (non-hydrogen) atoms. The van der Waals surface area contributed by atoms with Crippen molar-refractivity contribution in [1.82, 2.24) is 25.8 Å². The van der Waals surface area contributed by atoms with Crippen LogP contribution in [0.3, 0.4) is 0 Å². The summed E-state index contributed by atoms with van der Waals surface area (Å²) >= 11 is 0. The molecule has 0 radical (unpaired) electrons. The highest BCUT2D eigenvalue weighted by atomic mass is 16.3. The predicted octanol–water partition coefficient (Wildman–Crippen LogP) is 4.73. The molecular weight excluding hydrogens is 530 g/mol. The van der Waals surface area contributed by atoms with Crippen molar-refractivity contribution in [3.63, 3.8) is 0 Å². The van der Waals surface area contributed by atoms with Gasteiger partial charge in [-0.1, -0.05) is 44.6 Å². The third kappa shape index (κ3) is 7.41. The maximum Gasteiger partial charge on any atom is 0.277 e. The highest BCUT2D eigenvalue weighted by molar-refractivity contribution is 5.96. The zero-order chi connectivity index (χ0) is 29.6.